The minimum absolute atomic E-state index is 1.21. The monoisotopic (exact) mass is 362 g/mol. The average molecular weight is 362 g/mol. The third-order valence-electron chi connectivity index (χ3n) is 4.89. The molecule has 27 heavy (non-hydrogen) atoms. The van der Waals surface area contributed by atoms with Crippen LogP contribution in [0.25, 0.3) is 43.5 Å². The summed E-state index contributed by atoms with van der Waals surface area (Å²) in [5.41, 5.74) is 4.96. The Labute approximate surface area is 163 Å². The molecule has 1 aromatic heterocycles. The summed E-state index contributed by atoms with van der Waals surface area (Å²) in [6.45, 7) is 0. The lowest BCUT2D eigenvalue weighted by Crippen LogP contribution is -1.79. The predicted octanol–water partition coefficient (Wildman–Crippen LogP) is 7.89. The molecular formula is C26H18S. The summed E-state index contributed by atoms with van der Waals surface area (Å²) in [5.74, 6) is 0. The summed E-state index contributed by atoms with van der Waals surface area (Å²) in [6, 6.07) is 34.6. The molecule has 0 nitrogen and oxygen atoms in total. The van der Waals surface area contributed by atoms with Crippen molar-refractivity contribution in [2.45, 2.75) is 0 Å². The molecule has 4 aromatic carbocycles. The largest absolute Gasteiger partial charge is 0.135 e. The topological polar surface area (TPSA) is 0 Å². The first-order valence-corrected chi connectivity index (χ1v) is 9.93. The van der Waals surface area contributed by atoms with Crippen LogP contribution in [-0.4, -0.2) is 0 Å². The van der Waals surface area contributed by atoms with Crippen molar-refractivity contribution in [3.63, 3.8) is 0 Å². The maximum absolute atomic E-state index is 2.31. The lowest BCUT2D eigenvalue weighted by molar-refractivity contribution is 1.62. The summed E-state index contributed by atoms with van der Waals surface area (Å²) in [5, 5.41) is 2.70. The first kappa shape index (κ1) is 16.0. The SMILES string of the molecule is C(=Cc1ccc(-c2ccc3c(c2)sc2ccccc23)cc1)c1ccccc1. The molecular weight excluding hydrogens is 344 g/mol. The van der Waals surface area contributed by atoms with E-state index in [1.165, 1.54) is 42.4 Å². The molecule has 0 amide bonds. The van der Waals surface area contributed by atoms with E-state index < -0.39 is 0 Å². The molecule has 0 fully saturated rings. The van der Waals surface area contributed by atoms with Gasteiger partial charge in [0.2, 0.25) is 0 Å². The Bertz CT molecular complexity index is 1240. The van der Waals surface area contributed by atoms with Crippen LogP contribution >= 0.6 is 11.3 Å². The van der Waals surface area contributed by atoms with Gasteiger partial charge in [0, 0.05) is 20.2 Å². The average Bonchev–Trinajstić information content (AvgIpc) is 3.11. The fraction of sp³-hybridized carbons (Fsp3) is 0. The van der Waals surface area contributed by atoms with Crippen molar-refractivity contribution in [2.24, 2.45) is 0 Å². The van der Waals surface area contributed by atoms with Gasteiger partial charge in [0.1, 0.15) is 0 Å². The summed E-state index contributed by atoms with van der Waals surface area (Å²) >= 11 is 1.87. The van der Waals surface area contributed by atoms with E-state index in [-0.39, 0.29) is 0 Å². The van der Waals surface area contributed by atoms with Gasteiger partial charge in [-0.3, -0.25) is 0 Å². The highest BCUT2D eigenvalue weighted by Crippen LogP contribution is 2.36. The van der Waals surface area contributed by atoms with Gasteiger partial charge >= 0.3 is 0 Å². The smallest absolute Gasteiger partial charge is 0.0361 e. The first-order chi connectivity index (χ1) is 13.4. The molecule has 0 saturated heterocycles. The molecule has 5 aromatic rings. The number of benzene rings is 4. The van der Waals surface area contributed by atoms with E-state index in [2.05, 4.69) is 103 Å². The standard InChI is InChI=1S/C26H18S/c1-2-6-19(7-3-1)10-11-20-12-14-21(15-13-20)22-16-17-24-23-8-4-5-9-25(23)27-26(24)18-22/h1-18H. The number of fused-ring (bicyclic) bond motifs is 3. The Hall–Kier alpha value is -3.16. The van der Waals surface area contributed by atoms with Crippen molar-refractivity contribution in [1.29, 1.82) is 0 Å². The van der Waals surface area contributed by atoms with Gasteiger partial charge in [0.05, 0.1) is 0 Å². The Kier molecular flexibility index (Phi) is 4.08. The lowest BCUT2D eigenvalue weighted by atomic mass is 10.0. The van der Waals surface area contributed by atoms with Crippen molar-refractivity contribution < 1.29 is 0 Å². The van der Waals surface area contributed by atoms with Crippen LogP contribution in [0.3, 0.4) is 0 Å². The van der Waals surface area contributed by atoms with Crippen molar-refractivity contribution in [1.82, 2.24) is 0 Å². The Morgan fingerprint density at radius 2 is 1.11 bits per heavy atom. The summed E-state index contributed by atoms with van der Waals surface area (Å²) in [6.07, 6.45) is 4.31. The fourth-order valence-corrected chi connectivity index (χ4v) is 4.59. The second-order valence-electron chi connectivity index (χ2n) is 6.68. The Morgan fingerprint density at radius 1 is 0.481 bits per heavy atom. The van der Waals surface area contributed by atoms with E-state index in [0.29, 0.717) is 0 Å². The number of hydrogen-bond donors (Lipinski definition) is 0. The first-order valence-electron chi connectivity index (χ1n) is 9.12. The molecule has 0 saturated carbocycles. The van der Waals surface area contributed by atoms with E-state index in [4.69, 9.17) is 0 Å². The third-order valence-corrected chi connectivity index (χ3v) is 6.02. The van der Waals surface area contributed by atoms with Crippen LogP contribution < -0.4 is 0 Å². The molecule has 0 radical (unpaired) electrons. The minimum atomic E-state index is 1.21. The van der Waals surface area contributed by atoms with E-state index in [9.17, 15) is 0 Å². The van der Waals surface area contributed by atoms with Crippen LogP contribution in [0.15, 0.2) is 97.1 Å². The van der Waals surface area contributed by atoms with Crippen molar-refractivity contribution in [3.8, 4) is 11.1 Å². The van der Waals surface area contributed by atoms with Gasteiger partial charge in [-0.2, -0.15) is 0 Å². The molecule has 0 unspecified atom stereocenters. The lowest BCUT2D eigenvalue weighted by Gasteiger charge is -2.03. The molecule has 1 heterocycles. The van der Waals surface area contributed by atoms with Crippen LogP contribution in [0, 0.1) is 0 Å². The third kappa shape index (κ3) is 3.18. The van der Waals surface area contributed by atoms with Crippen LogP contribution in [0.5, 0.6) is 0 Å². The molecule has 0 N–H and O–H groups in total. The maximum atomic E-state index is 2.31. The predicted molar refractivity (Wildman–Crippen MR) is 120 cm³/mol. The van der Waals surface area contributed by atoms with Crippen LogP contribution in [0.2, 0.25) is 0 Å². The molecule has 0 aliphatic carbocycles. The summed E-state index contributed by atoms with van der Waals surface area (Å²) < 4.78 is 2.70. The van der Waals surface area contributed by atoms with Crippen LogP contribution in [0.4, 0.5) is 0 Å². The molecule has 0 aliphatic rings. The maximum Gasteiger partial charge on any atom is 0.0361 e. The molecule has 0 bridgehead atoms. The normalized spacial score (nSPS) is 11.6. The van der Waals surface area contributed by atoms with Gasteiger partial charge in [0.15, 0.2) is 0 Å². The van der Waals surface area contributed by atoms with Gasteiger partial charge in [-0.05, 0) is 34.4 Å². The van der Waals surface area contributed by atoms with Gasteiger partial charge in [-0.25, -0.2) is 0 Å². The van der Waals surface area contributed by atoms with Crippen LogP contribution in [0.1, 0.15) is 11.1 Å². The zero-order valence-electron chi connectivity index (χ0n) is 14.8. The van der Waals surface area contributed by atoms with Gasteiger partial charge in [-0.1, -0.05) is 97.1 Å². The highest BCUT2D eigenvalue weighted by molar-refractivity contribution is 7.25. The highest BCUT2D eigenvalue weighted by atomic mass is 32.1. The summed E-state index contributed by atoms with van der Waals surface area (Å²) in [4.78, 5) is 0. The van der Waals surface area contributed by atoms with Crippen molar-refractivity contribution >= 4 is 43.7 Å². The van der Waals surface area contributed by atoms with Crippen LogP contribution in [-0.2, 0) is 0 Å². The zero-order valence-corrected chi connectivity index (χ0v) is 15.6. The van der Waals surface area contributed by atoms with E-state index in [0.717, 1.165) is 0 Å². The number of thiophene rings is 1. The van der Waals surface area contributed by atoms with Crippen molar-refractivity contribution in [3.05, 3.63) is 108 Å². The second-order valence-corrected chi connectivity index (χ2v) is 7.76. The number of hydrogen-bond acceptors (Lipinski definition) is 1. The van der Waals surface area contributed by atoms with Gasteiger partial charge < -0.3 is 0 Å². The molecule has 0 spiro atoms. The molecule has 1 heteroatoms. The van der Waals surface area contributed by atoms with Crippen molar-refractivity contribution in [2.75, 3.05) is 0 Å². The zero-order chi connectivity index (χ0) is 18.1. The molecule has 0 atom stereocenters. The van der Waals surface area contributed by atoms with E-state index in [1.807, 2.05) is 17.4 Å². The summed E-state index contributed by atoms with van der Waals surface area (Å²) in [7, 11) is 0. The minimum Gasteiger partial charge on any atom is -0.135 e. The Balaban J connectivity index is 1.46. The van der Waals surface area contributed by atoms with E-state index >= 15 is 0 Å². The fourth-order valence-electron chi connectivity index (χ4n) is 3.45. The number of rotatable bonds is 3. The molecule has 0 aliphatic heterocycles. The Morgan fingerprint density at radius 3 is 1.93 bits per heavy atom. The van der Waals surface area contributed by atoms with Gasteiger partial charge in [0.25, 0.3) is 0 Å². The molecule has 128 valence electrons. The quantitative estimate of drug-likeness (QED) is 0.286. The molecule has 5 rings (SSSR count). The van der Waals surface area contributed by atoms with Gasteiger partial charge in [-0.15, -0.1) is 11.3 Å². The highest BCUT2D eigenvalue weighted by Gasteiger charge is 2.06. The van der Waals surface area contributed by atoms with E-state index in [1.54, 1.807) is 0 Å². The second kappa shape index (κ2) is 6.86.